The van der Waals surface area contributed by atoms with E-state index in [4.69, 9.17) is 10.2 Å². The molecule has 1 saturated carbocycles. The number of carbonyl (C=O) groups is 2. The lowest BCUT2D eigenvalue weighted by molar-refractivity contribution is -0.147. The minimum Gasteiger partial charge on any atom is -0.481 e. The first-order valence-corrected chi connectivity index (χ1v) is 5.30. The van der Waals surface area contributed by atoms with Crippen LogP contribution in [0.5, 0.6) is 0 Å². The Morgan fingerprint density at radius 1 is 0.929 bits per heavy atom. The summed E-state index contributed by atoms with van der Waals surface area (Å²) in [5.41, 5.74) is 0. The molecule has 1 fully saturated rings. The first-order valence-electron chi connectivity index (χ1n) is 4.27. The second-order valence-electron chi connectivity index (χ2n) is 3.45. The second-order valence-corrected chi connectivity index (χ2v) is 4.64. The molecule has 1 rings (SSSR count). The van der Waals surface area contributed by atoms with Gasteiger partial charge in [0.15, 0.2) is 0 Å². The fraction of sp³-hybridized carbons (Fsp3) is 0.750. The summed E-state index contributed by atoms with van der Waals surface area (Å²) >= 11 is 8.25. The molecule has 4 atom stereocenters. The van der Waals surface area contributed by atoms with E-state index in [0.29, 0.717) is 12.8 Å². The molecule has 0 spiro atoms. The Kier molecular flexibility index (Phi) is 3.71. The van der Waals surface area contributed by atoms with Gasteiger partial charge in [0.2, 0.25) is 0 Å². The van der Waals surface area contributed by atoms with Crippen molar-refractivity contribution in [2.75, 3.05) is 0 Å². The van der Waals surface area contributed by atoms with Crippen molar-refractivity contribution in [3.63, 3.8) is 0 Å². The zero-order chi connectivity index (χ0) is 10.9. The molecule has 4 unspecified atom stereocenters. The smallest absolute Gasteiger partial charge is 0.307 e. The summed E-state index contributed by atoms with van der Waals surface area (Å²) < 4.78 is 0. The molecule has 0 heterocycles. The summed E-state index contributed by atoms with van der Waals surface area (Å²) in [6.07, 6.45) is 0.717. The molecule has 1 aliphatic carbocycles. The van der Waals surface area contributed by atoms with E-state index in [0.717, 1.165) is 0 Å². The topological polar surface area (TPSA) is 74.6 Å². The number of hydrogen-bond donors (Lipinski definition) is 4. The third-order valence-electron chi connectivity index (χ3n) is 2.60. The van der Waals surface area contributed by atoms with Crippen molar-refractivity contribution in [2.24, 2.45) is 11.8 Å². The molecular formula is C8H12O4S2. The van der Waals surface area contributed by atoms with Gasteiger partial charge in [-0.2, -0.15) is 25.3 Å². The summed E-state index contributed by atoms with van der Waals surface area (Å²) in [7, 11) is 0. The van der Waals surface area contributed by atoms with Gasteiger partial charge in [-0.15, -0.1) is 0 Å². The summed E-state index contributed by atoms with van der Waals surface area (Å²) in [4.78, 5) is 21.5. The molecule has 14 heavy (non-hydrogen) atoms. The van der Waals surface area contributed by atoms with Gasteiger partial charge in [-0.3, -0.25) is 9.59 Å². The molecule has 0 radical (unpaired) electrons. The van der Waals surface area contributed by atoms with E-state index in [9.17, 15) is 9.59 Å². The Labute approximate surface area is 92.5 Å². The van der Waals surface area contributed by atoms with Crippen LogP contribution in [0.25, 0.3) is 0 Å². The van der Waals surface area contributed by atoms with Gasteiger partial charge in [0.1, 0.15) is 0 Å². The quantitative estimate of drug-likeness (QED) is 0.535. The highest BCUT2D eigenvalue weighted by Crippen LogP contribution is 2.36. The van der Waals surface area contributed by atoms with Crippen LogP contribution in [0.4, 0.5) is 0 Å². The zero-order valence-corrected chi connectivity index (χ0v) is 9.12. The van der Waals surface area contributed by atoms with Crippen LogP contribution in [-0.2, 0) is 9.59 Å². The first kappa shape index (κ1) is 11.7. The molecule has 0 aliphatic heterocycles. The minimum atomic E-state index is -0.923. The van der Waals surface area contributed by atoms with E-state index in [1.807, 2.05) is 0 Å². The Bertz CT molecular complexity index is 230. The van der Waals surface area contributed by atoms with Crippen LogP contribution in [-0.4, -0.2) is 32.7 Å². The molecule has 4 nitrogen and oxygen atoms in total. The fourth-order valence-corrected chi connectivity index (χ4v) is 2.68. The highest BCUT2D eigenvalue weighted by molar-refractivity contribution is 7.85. The lowest BCUT2D eigenvalue weighted by Gasteiger charge is -2.34. The van der Waals surface area contributed by atoms with Crippen LogP contribution in [0.15, 0.2) is 0 Å². The minimum absolute atomic E-state index is 0.359. The molecule has 0 aromatic carbocycles. The van der Waals surface area contributed by atoms with Crippen LogP contribution in [0.1, 0.15) is 12.8 Å². The normalized spacial score (nSPS) is 37.9. The highest BCUT2D eigenvalue weighted by Gasteiger charge is 2.41. The standard InChI is InChI=1S/C8H12O4S2/c9-7(10)3-1-2-4(8(11)12)6(14)5(3)13/h3-6,13-14H,1-2H2,(H,9,10)(H,11,12). The lowest BCUT2D eigenvalue weighted by Crippen LogP contribution is -2.43. The van der Waals surface area contributed by atoms with Crippen molar-refractivity contribution in [2.45, 2.75) is 23.3 Å². The number of rotatable bonds is 2. The first-order chi connectivity index (χ1) is 6.45. The Balaban J connectivity index is 2.73. The van der Waals surface area contributed by atoms with Crippen molar-refractivity contribution in [1.29, 1.82) is 0 Å². The fourth-order valence-electron chi connectivity index (χ4n) is 1.72. The number of hydrogen-bond acceptors (Lipinski definition) is 4. The molecule has 0 amide bonds. The monoisotopic (exact) mass is 236 g/mol. The van der Waals surface area contributed by atoms with Gasteiger partial charge < -0.3 is 10.2 Å². The van der Waals surface area contributed by atoms with Crippen molar-refractivity contribution in [3.05, 3.63) is 0 Å². The van der Waals surface area contributed by atoms with Gasteiger partial charge in [0, 0.05) is 10.5 Å². The third-order valence-corrected chi connectivity index (χ3v) is 4.19. The van der Waals surface area contributed by atoms with E-state index < -0.39 is 34.3 Å². The largest absolute Gasteiger partial charge is 0.481 e. The average Bonchev–Trinajstić information content (AvgIpc) is 2.08. The van der Waals surface area contributed by atoms with Crippen molar-refractivity contribution < 1.29 is 19.8 Å². The Hall–Kier alpha value is -0.360. The molecule has 0 aromatic rings. The molecule has 1 aliphatic rings. The van der Waals surface area contributed by atoms with Crippen LogP contribution < -0.4 is 0 Å². The highest BCUT2D eigenvalue weighted by atomic mass is 32.1. The summed E-state index contributed by atoms with van der Waals surface area (Å²) in [6, 6.07) is 0. The predicted molar refractivity (Wildman–Crippen MR) is 57.0 cm³/mol. The van der Waals surface area contributed by atoms with E-state index in [-0.39, 0.29) is 0 Å². The van der Waals surface area contributed by atoms with Crippen LogP contribution in [0, 0.1) is 11.8 Å². The number of carboxylic acids is 2. The SMILES string of the molecule is O=C(O)C1CCC(C(=O)O)C(S)C1S. The summed E-state index contributed by atoms with van der Waals surface area (Å²) in [5.74, 6) is -3.02. The van der Waals surface area contributed by atoms with E-state index >= 15 is 0 Å². The molecule has 6 heteroatoms. The van der Waals surface area contributed by atoms with Crippen molar-refractivity contribution in [3.8, 4) is 0 Å². The number of aliphatic carboxylic acids is 2. The third kappa shape index (κ3) is 2.17. The van der Waals surface area contributed by atoms with Crippen molar-refractivity contribution in [1.82, 2.24) is 0 Å². The molecule has 0 bridgehead atoms. The van der Waals surface area contributed by atoms with Crippen LogP contribution in [0.3, 0.4) is 0 Å². The number of thiol groups is 2. The van der Waals surface area contributed by atoms with Crippen molar-refractivity contribution >= 4 is 37.2 Å². The summed E-state index contributed by atoms with van der Waals surface area (Å²) in [6.45, 7) is 0. The molecule has 80 valence electrons. The Morgan fingerprint density at radius 2 is 1.21 bits per heavy atom. The van der Waals surface area contributed by atoms with Gasteiger partial charge >= 0.3 is 11.9 Å². The van der Waals surface area contributed by atoms with Gasteiger partial charge in [-0.25, -0.2) is 0 Å². The summed E-state index contributed by atoms with van der Waals surface area (Å²) in [5, 5.41) is 16.7. The van der Waals surface area contributed by atoms with Gasteiger partial charge in [-0.1, -0.05) is 0 Å². The maximum absolute atomic E-state index is 10.8. The van der Waals surface area contributed by atoms with E-state index in [1.165, 1.54) is 0 Å². The predicted octanol–water partition coefficient (Wildman–Crippen LogP) is 0.779. The molecule has 0 aromatic heterocycles. The zero-order valence-electron chi connectivity index (χ0n) is 7.33. The Morgan fingerprint density at radius 3 is 1.43 bits per heavy atom. The van der Waals surface area contributed by atoms with Crippen LogP contribution >= 0.6 is 25.3 Å². The lowest BCUT2D eigenvalue weighted by atomic mass is 9.81. The second kappa shape index (κ2) is 4.44. The maximum atomic E-state index is 10.8. The van der Waals surface area contributed by atoms with Gasteiger partial charge in [-0.05, 0) is 12.8 Å². The number of carboxylic acid groups (broad SMARTS) is 2. The molecule has 0 saturated heterocycles. The molecular weight excluding hydrogens is 224 g/mol. The van der Waals surface area contributed by atoms with Gasteiger partial charge in [0.25, 0.3) is 0 Å². The van der Waals surface area contributed by atoms with E-state index in [1.54, 1.807) is 0 Å². The molecule has 2 N–H and O–H groups in total. The van der Waals surface area contributed by atoms with Crippen LogP contribution in [0.2, 0.25) is 0 Å². The van der Waals surface area contributed by atoms with Gasteiger partial charge in [0.05, 0.1) is 11.8 Å². The maximum Gasteiger partial charge on any atom is 0.307 e. The average molecular weight is 236 g/mol. The van der Waals surface area contributed by atoms with E-state index in [2.05, 4.69) is 25.3 Å².